The number of rotatable bonds is 3. The molecule has 1 fully saturated rings. The van der Waals surface area contributed by atoms with Crippen LogP contribution in [0.25, 0.3) is 27.9 Å². The van der Waals surface area contributed by atoms with E-state index in [-0.39, 0.29) is 18.4 Å². The van der Waals surface area contributed by atoms with E-state index < -0.39 is 0 Å². The minimum atomic E-state index is -0.316. The van der Waals surface area contributed by atoms with Crippen molar-refractivity contribution >= 4 is 51.1 Å². The molecule has 0 spiro atoms. The van der Waals surface area contributed by atoms with E-state index in [9.17, 15) is 9.18 Å². The molecular weight excluding hydrogens is 397 g/mol. The second-order valence-corrected chi connectivity index (χ2v) is 7.45. The first-order valence-electron chi connectivity index (χ1n) is 9.46. The van der Waals surface area contributed by atoms with Crippen LogP contribution in [0.1, 0.15) is 11.1 Å². The third-order valence-electron chi connectivity index (χ3n) is 5.13. The van der Waals surface area contributed by atoms with Crippen LogP contribution in [-0.4, -0.2) is 20.9 Å². The van der Waals surface area contributed by atoms with Crippen molar-refractivity contribution in [2.75, 3.05) is 0 Å². The fourth-order valence-corrected chi connectivity index (χ4v) is 3.92. The van der Waals surface area contributed by atoms with Crippen LogP contribution in [0.4, 0.5) is 9.18 Å². The molecule has 3 aromatic carbocycles. The van der Waals surface area contributed by atoms with E-state index >= 15 is 0 Å². The summed E-state index contributed by atoms with van der Waals surface area (Å²) in [6, 6.07) is 21.5. The van der Waals surface area contributed by atoms with E-state index in [4.69, 9.17) is 17.2 Å². The Hall–Kier alpha value is -3.64. The molecular formula is C24H16FN3OS. The number of fused-ring (bicyclic) bond motifs is 2. The van der Waals surface area contributed by atoms with Crippen LogP contribution in [0.5, 0.6) is 0 Å². The predicted molar refractivity (Wildman–Crippen MR) is 120 cm³/mol. The number of thiocarbonyl (C=S) groups is 1. The summed E-state index contributed by atoms with van der Waals surface area (Å²) in [5, 5.41) is 4.84. The number of carbonyl (C=O) groups excluding carboxylic acids is 1. The number of hydrogen-bond acceptors (Lipinski definition) is 3. The van der Waals surface area contributed by atoms with Crippen LogP contribution >= 0.6 is 12.2 Å². The molecule has 6 heteroatoms. The van der Waals surface area contributed by atoms with Crippen molar-refractivity contribution in [3.8, 4) is 0 Å². The molecule has 146 valence electrons. The van der Waals surface area contributed by atoms with Crippen LogP contribution in [-0.2, 0) is 6.54 Å². The van der Waals surface area contributed by atoms with Crippen LogP contribution in [0, 0.1) is 5.82 Å². The molecule has 0 radical (unpaired) electrons. The maximum atomic E-state index is 13.2. The van der Waals surface area contributed by atoms with E-state index in [0.717, 1.165) is 32.9 Å². The van der Waals surface area contributed by atoms with Crippen molar-refractivity contribution < 1.29 is 9.18 Å². The molecule has 0 aliphatic carbocycles. The third kappa shape index (κ3) is 3.21. The maximum Gasteiger partial charge on any atom is 0.327 e. The van der Waals surface area contributed by atoms with Gasteiger partial charge >= 0.3 is 6.03 Å². The highest BCUT2D eigenvalue weighted by atomic mass is 32.1. The lowest BCUT2D eigenvalue weighted by Gasteiger charge is -2.14. The Morgan fingerprint density at radius 3 is 2.17 bits per heavy atom. The third-order valence-corrected chi connectivity index (χ3v) is 5.57. The van der Waals surface area contributed by atoms with Crippen molar-refractivity contribution in [3.63, 3.8) is 0 Å². The molecule has 1 saturated heterocycles. The number of urea groups is 1. The zero-order chi connectivity index (χ0) is 20.7. The number of aromatic nitrogens is 1. The Labute approximate surface area is 177 Å². The average Bonchev–Trinajstić information content (AvgIpc) is 3.02. The van der Waals surface area contributed by atoms with E-state index in [1.165, 1.54) is 17.0 Å². The van der Waals surface area contributed by atoms with Crippen molar-refractivity contribution in [1.82, 2.24) is 15.2 Å². The summed E-state index contributed by atoms with van der Waals surface area (Å²) in [6.45, 7) is 0.278. The van der Waals surface area contributed by atoms with Crippen LogP contribution in [0.3, 0.4) is 0 Å². The number of benzene rings is 3. The van der Waals surface area contributed by atoms with Gasteiger partial charge in [0, 0.05) is 10.8 Å². The first-order valence-corrected chi connectivity index (χ1v) is 9.87. The van der Waals surface area contributed by atoms with Crippen LogP contribution in [0.2, 0.25) is 0 Å². The quantitative estimate of drug-likeness (QED) is 0.277. The molecule has 1 N–H and O–H groups in total. The Morgan fingerprint density at radius 1 is 0.933 bits per heavy atom. The van der Waals surface area contributed by atoms with E-state index in [2.05, 4.69) is 5.32 Å². The summed E-state index contributed by atoms with van der Waals surface area (Å²) in [7, 11) is 0. The second kappa shape index (κ2) is 7.31. The number of para-hydroxylation sites is 2. The molecule has 4 nitrogen and oxygen atoms in total. The van der Waals surface area contributed by atoms with Gasteiger partial charge in [0.2, 0.25) is 0 Å². The Morgan fingerprint density at radius 2 is 1.53 bits per heavy atom. The number of nitrogens with one attached hydrogen (secondary N) is 1. The lowest BCUT2D eigenvalue weighted by Crippen LogP contribution is -2.29. The lowest BCUT2D eigenvalue weighted by molar-refractivity contribution is 0.228. The van der Waals surface area contributed by atoms with E-state index in [1.807, 2.05) is 54.6 Å². The molecule has 0 unspecified atom stereocenters. The van der Waals surface area contributed by atoms with Gasteiger partial charge < -0.3 is 5.32 Å². The molecule has 5 rings (SSSR count). The lowest BCUT2D eigenvalue weighted by atomic mass is 10.0. The number of hydrogen-bond donors (Lipinski definition) is 1. The average molecular weight is 413 g/mol. The van der Waals surface area contributed by atoms with Gasteiger partial charge in [-0.3, -0.25) is 4.90 Å². The first kappa shape index (κ1) is 18.4. The molecule has 0 bridgehead atoms. The van der Waals surface area contributed by atoms with Crippen LogP contribution in [0.15, 0.2) is 78.5 Å². The summed E-state index contributed by atoms with van der Waals surface area (Å²) in [6.07, 6.45) is 1.91. The van der Waals surface area contributed by atoms with E-state index in [1.54, 1.807) is 12.1 Å². The van der Waals surface area contributed by atoms with E-state index in [0.29, 0.717) is 10.7 Å². The number of pyridine rings is 1. The van der Waals surface area contributed by atoms with Crippen LogP contribution < -0.4 is 5.32 Å². The van der Waals surface area contributed by atoms with Gasteiger partial charge in [-0.05, 0) is 41.5 Å². The highest BCUT2D eigenvalue weighted by Crippen LogP contribution is 2.29. The zero-order valence-electron chi connectivity index (χ0n) is 15.8. The van der Waals surface area contributed by atoms with Gasteiger partial charge in [0.15, 0.2) is 0 Å². The molecule has 0 atom stereocenters. The van der Waals surface area contributed by atoms with Crippen molar-refractivity contribution in [1.29, 1.82) is 0 Å². The molecule has 1 aliphatic rings. The van der Waals surface area contributed by atoms with Gasteiger partial charge in [0.25, 0.3) is 0 Å². The highest BCUT2D eigenvalue weighted by molar-refractivity contribution is 7.80. The first-order chi connectivity index (χ1) is 14.6. The summed E-state index contributed by atoms with van der Waals surface area (Å²) in [4.78, 5) is 19.2. The van der Waals surface area contributed by atoms with Crippen molar-refractivity contribution in [3.05, 3.63) is 95.4 Å². The van der Waals surface area contributed by atoms with Crippen molar-refractivity contribution in [2.24, 2.45) is 0 Å². The maximum absolute atomic E-state index is 13.2. The van der Waals surface area contributed by atoms with Gasteiger partial charge in [-0.25, -0.2) is 14.2 Å². The SMILES string of the molecule is O=C1NC(=Cc2c3ccccc3nc3ccccc23)C(=S)N1Cc1ccc(F)cc1. The minimum absolute atomic E-state index is 0.278. The fraction of sp³-hybridized carbons (Fsp3) is 0.0417. The fourth-order valence-electron chi connectivity index (χ4n) is 3.66. The summed E-state index contributed by atoms with van der Waals surface area (Å²) < 4.78 is 13.2. The number of amides is 2. The molecule has 0 saturated carbocycles. The van der Waals surface area contributed by atoms with Gasteiger partial charge in [-0.15, -0.1) is 0 Å². The monoisotopic (exact) mass is 413 g/mol. The molecule has 30 heavy (non-hydrogen) atoms. The number of carbonyl (C=O) groups is 1. The molecule has 1 aromatic heterocycles. The molecule has 2 amide bonds. The highest BCUT2D eigenvalue weighted by Gasteiger charge is 2.30. The van der Waals surface area contributed by atoms with Gasteiger partial charge in [-0.1, -0.05) is 60.7 Å². The van der Waals surface area contributed by atoms with Gasteiger partial charge in [0.05, 0.1) is 23.3 Å². The standard InChI is InChI=1S/C24H16FN3OS/c25-16-11-9-15(10-12-16)14-28-23(30)22(27-24(28)29)13-19-17-5-1-3-7-20(17)26-21-8-4-2-6-18(19)21/h1-13H,14H2,(H,27,29). The van der Waals surface area contributed by atoms with Gasteiger partial charge in [-0.2, -0.15) is 0 Å². The summed E-state index contributed by atoms with van der Waals surface area (Å²) in [5.41, 5.74) is 4.08. The number of halogens is 1. The number of nitrogens with zero attached hydrogens (tertiary/aromatic N) is 2. The normalized spacial score (nSPS) is 15.4. The molecule has 4 aromatic rings. The Balaban J connectivity index is 1.58. The van der Waals surface area contributed by atoms with Crippen molar-refractivity contribution in [2.45, 2.75) is 6.54 Å². The minimum Gasteiger partial charge on any atom is -0.305 e. The Bertz CT molecular complexity index is 1290. The van der Waals surface area contributed by atoms with Gasteiger partial charge in [0.1, 0.15) is 10.8 Å². The second-order valence-electron chi connectivity index (χ2n) is 7.07. The topological polar surface area (TPSA) is 45.2 Å². The predicted octanol–water partition coefficient (Wildman–Crippen LogP) is 5.42. The summed E-state index contributed by atoms with van der Waals surface area (Å²) in [5.74, 6) is -0.316. The summed E-state index contributed by atoms with van der Waals surface area (Å²) >= 11 is 5.59. The largest absolute Gasteiger partial charge is 0.327 e. The Kier molecular flexibility index (Phi) is 4.48. The molecule has 2 heterocycles. The zero-order valence-corrected chi connectivity index (χ0v) is 16.6. The smallest absolute Gasteiger partial charge is 0.305 e. The molecule has 1 aliphatic heterocycles.